The number of hydrogen-bond donors (Lipinski definition) is 0. The minimum atomic E-state index is -6.81. The molecule has 5 rings (SSSR count). The van der Waals surface area contributed by atoms with Crippen LogP contribution in [0.1, 0.15) is 53.7 Å². The zero-order valence-corrected chi connectivity index (χ0v) is 21.0. The first-order valence-electron chi connectivity index (χ1n) is 19.9. The van der Waals surface area contributed by atoms with E-state index in [1.54, 1.807) is 27.7 Å². The van der Waals surface area contributed by atoms with Crippen LogP contribution in [-0.4, -0.2) is 31.6 Å². The number of rotatable bonds is 5. The summed E-state index contributed by atoms with van der Waals surface area (Å²) in [7, 11) is -1.62. The Morgan fingerprint density at radius 2 is 0.941 bits per heavy atom. The van der Waals surface area contributed by atoms with E-state index in [-0.39, 0.29) is 0 Å². The molecular formula is C30H31BGeO2. The summed E-state index contributed by atoms with van der Waals surface area (Å²) in [5, 5.41) is 0. The van der Waals surface area contributed by atoms with Crippen molar-refractivity contribution in [2.75, 3.05) is 0 Å². The van der Waals surface area contributed by atoms with E-state index in [0.717, 1.165) is 0 Å². The Balaban J connectivity index is 2.30. The summed E-state index contributed by atoms with van der Waals surface area (Å²) in [5.74, 6) is 0. The SMILES string of the molecule is [2H]c1c([2H])c([2H])[c]([Ge]([c]2c([2H])c([2H])c([2H])c([2H])c2[2H])([c]2c([2H])c([2H])c([2H])c([2H])c2[2H])[c]2c([2H])c([2H])c([2H])c(B3OC(C)(C)C(C)(C)O3)c2[2H])c([2H])c1[2H]. The van der Waals surface area contributed by atoms with Gasteiger partial charge in [-0.2, -0.15) is 0 Å². The van der Waals surface area contributed by atoms with Gasteiger partial charge in [-0.05, 0) is 0 Å². The molecule has 0 aliphatic carbocycles. The standard InChI is InChI=1S/C30H31BGeO2/c1-29(2)30(3,4)34-31(33-29)24-15-14-22-28(23-24)32(25-16-8-5-9-17-25,26-18-10-6-11-19-26)27-20-12-7-13-21-27/h5-23H,1-4H3/i5D,6D,7D,8D,9D,10D,11D,12D,13D,14D,15D,16D,17D,18D,19D,20D,21D,22D,23D. The van der Waals surface area contributed by atoms with Gasteiger partial charge in [0.25, 0.3) is 0 Å². The molecule has 0 atom stereocenters. The summed E-state index contributed by atoms with van der Waals surface area (Å²) in [6, 6.07) is -18.9. The molecule has 0 saturated carbocycles. The van der Waals surface area contributed by atoms with E-state index in [1.807, 2.05) is 0 Å². The Kier molecular flexibility index (Phi) is 2.56. The van der Waals surface area contributed by atoms with Crippen molar-refractivity contribution in [2.24, 2.45) is 0 Å². The van der Waals surface area contributed by atoms with Crippen LogP contribution >= 0.6 is 0 Å². The second-order valence-electron chi connectivity index (χ2n) is 8.63. The molecule has 4 aromatic carbocycles. The Labute approximate surface area is 233 Å². The molecule has 1 fully saturated rings. The van der Waals surface area contributed by atoms with E-state index in [9.17, 15) is 11.0 Å². The molecule has 170 valence electrons. The van der Waals surface area contributed by atoms with Crippen LogP contribution in [0, 0.1) is 0 Å². The second kappa shape index (κ2) is 8.88. The van der Waals surface area contributed by atoms with Crippen LogP contribution in [0.3, 0.4) is 0 Å². The maximum atomic E-state index is 9.73. The Hall–Kier alpha value is -2.59. The topological polar surface area (TPSA) is 18.5 Å². The van der Waals surface area contributed by atoms with Crippen molar-refractivity contribution in [3.05, 3.63) is 115 Å². The molecule has 4 heteroatoms. The molecular weight excluding hydrogens is 476 g/mol. The van der Waals surface area contributed by atoms with Gasteiger partial charge in [0.2, 0.25) is 0 Å². The molecule has 1 aliphatic rings. The molecule has 34 heavy (non-hydrogen) atoms. The monoisotopic (exact) mass is 527 g/mol. The number of hydrogen-bond acceptors (Lipinski definition) is 2. The third kappa shape index (κ3) is 3.86. The zero-order chi connectivity index (χ0) is 40.3. The van der Waals surface area contributed by atoms with Crippen molar-refractivity contribution in [1.29, 1.82) is 0 Å². The molecule has 1 saturated heterocycles. The van der Waals surface area contributed by atoms with Gasteiger partial charge >= 0.3 is 232 Å². The van der Waals surface area contributed by atoms with Crippen molar-refractivity contribution in [1.82, 2.24) is 0 Å². The van der Waals surface area contributed by atoms with E-state index in [1.165, 1.54) is 0 Å². The first kappa shape index (κ1) is 9.81. The Morgan fingerprint density at radius 1 is 0.559 bits per heavy atom. The molecule has 0 spiro atoms. The Bertz CT molecular complexity index is 2010. The zero-order valence-electron chi connectivity index (χ0n) is 37.9. The van der Waals surface area contributed by atoms with Crippen LogP contribution in [0.4, 0.5) is 0 Å². The van der Waals surface area contributed by atoms with E-state index in [2.05, 4.69) is 0 Å². The molecule has 0 unspecified atom stereocenters. The first-order valence-corrected chi connectivity index (χ1v) is 14.6. The van der Waals surface area contributed by atoms with E-state index < -0.39 is 169 Å². The van der Waals surface area contributed by atoms with Crippen molar-refractivity contribution in [3.8, 4) is 0 Å². The van der Waals surface area contributed by atoms with Gasteiger partial charge in [-0.1, -0.05) is 0 Å². The molecule has 0 amide bonds. The molecule has 0 aromatic heterocycles. The average molecular weight is 526 g/mol. The molecule has 1 aliphatic heterocycles. The predicted octanol–water partition coefficient (Wildman–Crippen LogP) is 3.36. The third-order valence-corrected chi connectivity index (χ3v) is 14.5. The normalized spacial score (nSPS) is 24.8. The summed E-state index contributed by atoms with van der Waals surface area (Å²) < 4.78 is 178. The van der Waals surface area contributed by atoms with Gasteiger partial charge in [-0.15, -0.1) is 0 Å². The summed E-state index contributed by atoms with van der Waals surface area (Å²) in [5.41, 5.74) is -2.73. The molecule has 1 heterocycles. The molecule has 0 N–H and O–H groups in total. The summed E-state index contributed by atoms with van der Waals surface area (Å²) in [4.78, 5) is 0. The van der Waals surface area contributed by atoms with Crippen molar-refractivity contribution in [3.63, 3.8) is 0 Å². The molecule has 0 radical (unpaired) electrons. The van der Waals surface area contributed by atoms with Gasteiger partial charge in [0.1, 0.15) is 0 Å². The van der Waals surface area contributed by atoms with Gasteiger partial charge in [0, 0.05) is 0 Å². The summed E-state index contributed by atoms with van der Waals surface area (Å²) in [6.45, 7) is 6.59. The van der Waals surface area contributed by atoms with Crippen LogP contribution < -0.4 is 23.0 Å². The first-order chi connectivity index (χ1) is 24.2. The maximum absolute atomic E-state index is 9.73. The van der Waals surface area contributed by atoms with Crippen LogP contribution in [0.25, 0.3) is 0 Å². The fourth-order valence-electron chi connectivity index (χ4n) is 3.69. The fraction of sp³-hybridized carbons (Fsp3) is 0.200. The van der Waals surface area contributed by atoms with Gasteiger partial charge < -0.3 is 0 Å². The summed E-state index contributed by atoms with van der Waals surface area (Å²) >= 11 is -6.81. The van der Waals surface area contributed by atoms with Crippen LogP contribution in [0.2, 0.25) is 0 Å². The van der Waals surface area contributed by atoms with Gasteiger partial charge in [0.05, 0.1) is 0 Å². The third-order valence-electron chi connectivity index (χ3n) is 6.13. The Morgan fingerprint density at radius 3 is 1.35 bits per heavy atom. The van der Waals surface area contributed by atoms with Crippen molar-refractivity contribution < 1.29 is 35.4 Å². The predicted molar refractivity (Wildman–Crippen MR) is 146 cm³/mol. The number of benzene rings is 4. The van der Waals surface area contributed by atoms with Gasteiger partial charge in [-0.3, -0.25) is 0 Å². The average Bonchev–Trinajstić information content (AvgIpc) is 3.30. The van der Waals surface area contributed by atoms with E-state index in [4.69, 9.17) is 24.4 Å². The quantitative estimate of drug-likeness (QED) is 0.372. The van der Waals surface area contributed by atoms with Gasteiger partial charge in [-0.25, -0.2) is 0 Å². The van der Waals surface area contributed by atoms with Crippen molar-refractivity contribution in [2.45, 2.75) is 38.9 Å². The summed E-state index contributed by atoms with van der Waals surface area (Å²) in [6.07, 6.45) is 0. The van der Waals surface area contributed by atoms with Crippen LogP contribution in [-0.2, 0) is 9.31 Å². The van der Waals surface area contributed by atoms with Crippen LogP contribution in [0.15, 0.2) is 115 Å². The fourth-order valence-corrected chi connectivity index (χ4v) is 11.2. The molecule has 2 nitrogen and oxygen atoms in total. The van der Waals surface area contributed by atoms with Gasteiger partial charge in [0.15, 0.2) is 0 Å². The van der Waals surface area contributed by atoms with E-state index in [0.29, 0.717) is 0 Å². The van der Waals surface area contributed by atoms with Crippen LogP contribution in [0.5, 0.6) is 0 Å². The minimum absolute atomic E-state index is 0.512. The van der Waals surface area contributed by atoms with Crippen molar-refractivity contribution >= 4 is 43.4 Å². The molecule has 0 bridgehead atoms. The van der Waals surface area contributed by atoms with E-state index >= 15 is 0 Å². The second-order valence-corrected chi connectivity index (χ2v) is 16.0. The molecule has 4 aromatic rings.